The van der Waals surface area contributed by atoms with Crippen molar-refractivity contribution in [3.8, 4) is 0 Å². The number of fused-ring (bicyclic) bond motifs is 1. The summed E-state index contributed by atoms with van der Waals surface area (Å²) in [5.74, 6) is -0.285. The first-order valence-corrected chi connectivity index (χ1v) is 8.73. The van der Waals surface area contributed by atoms with Gasteiger partial charge in [0, 0.05) is 13.5 Å². The number of amides is 1. The molecule has 0 fully saturated rings. The molecule has 0 aromatic carbocycles. The van der Waals surface area contributed by atoms with E-state index in [0.29, 0.717) is 25.8 Å². The van der Waals surface area contributed by atoms with E-state index in [4.69, 9.17) is 0 Å². The van der Waals surface area contributed by atoms with Crippen LogP contribution in [0, 0.1) is 6.92 Å². The van der Waals surface area contributed by atoms with Gasteiger partial charge >= 0.3 is 0 Å². The lowest BCUT2D eigenvalue weighted by Gasteiger charge is -1.99. The summed E-state index contributed by atoms with van der Waals surface area (Å²) in [7, 11) is 1.64. The van der Waals surface area contributed by atoms with Gasteiger partial charge in [-0.25, -0.2) is 4.98 Å². The Morgan fingerprint density at radius 3 is 2.87 bits per heavy atom. The van der Waals surface area contributed by atoms with Gasteiger partial charge < -0.3 is 4.57 Å². The number of rotatable bonds is 4. The second-order valence-corrected chi connectivity index (χ2v) is 7.16. The van der Waals surface area contributed by atoms with Crippen molar-refractivity contribution in [2.45, 2.75) is 26.7 Å². The molecule has 3 rings (SSSR count). The number of hydrogen-bond acceptors (Lipinski definition) is 7. The molecule has 3 aromatic heterocycles. The standard InChI is InChI=1S/C14H15N5O2S2/c1-4-5-8-17-18-14(22-8)16-11(20)10-7(2)9-12(23-10)15-6-19(3)13(9)21/h6H,4-5H2,1-3H3,(H,16,18,20). The molecule has 1 amide bonds. The lowest BCUT2D eigenvalue weighted by atomic mass is 10.2. The molecule has 1 N–H and O–H groups in total. The van der Waals surface area contributed by atoms with Crippen molar-refractivity contribution in [3.63, 3.8) is 0 Å². The zero-order valence-corrected chi connectivity index (χ0v) is 14.5. The Kier molecular flexibility index (Phi) is 4.22. The van der Waals surface area contributed by atoms with Crippen molar-refractivity contribution >= 4 is 43.9 Å². The van der Waals surface area contributed by atoms with Gasteiger partial charge in [-0.05, 0) is 18.9 Å². The maximum Gasteiger partial charge on any atom is 0.267 e. The molecule has 0 spiro atoms. The number of hydrogen-bond donors (Lipinski definition) is 1. The Balaban J connectivity index is 1.93. The molecule has 7 nitrogen and oxygen atoms in total. The highest BCUT2D eigenvalue weighted by molar-refractivity contribution is 7.21. The monoisotopic (exact) mass is 349 g/mol. The van der Waals surface area contributed by atoms with Crippen molar-refractivity contribution in [2.24, 2.45) is 7.05 Å². The molecule has 0 bridgehead atoms. The van der Waals surface area contributed by atoms with E-state index < -0.39 is 0 Å². The van der Waals surface area contributed by atoms with E-state index in [1.807, 2.05) is 0 Å². The Labute approximate surface area is 140 Å². The third-order valence-electron chi connectivity index (χ3n) is 3.37. The Morgan fingerprint density at radius 2 is 2.13 bits per heavy atom. The first kappa shape index (κ1) is 15.8. The molecule has 0 aliphatic rings. The number of anilines is 1. The molecule has 9 heteroatoms. The van der Waals surface area contributed by atoms with E-state index in [0.717, 1.165) is 17.8 Å². The number of aryl methyl sites for hydroxylation is 3. The molecule has 23 heavy (non-hydrogen) atoms. The first-order valence-electron chi connectivity index (χ1n) is 7.09. The average Bonchev–Trinajstić information content (AvgIpc) is 3.08. The summed E-state index contributed by atoms with van der Waals surface area (Å²) in [6.45, 7) is 3.83. The van der Waals surface area contributed by atoms with Gasteiger partial charge in [-0.3, -0.25) is 14.9 Å². The van der Waals surface area contributed by atoms with E-state index in [1.165, 1.54) is 33.6 Å². The third-order valence-corrected chi connectivity index (χ3v) is 5.47. The molecule has 3 heterocycles. The summed E-state index contributed by atoms with van der Waals surface area (Å²) in [6, 6.07) is 0. The zero-order valence-electron chi connectivity index (χ0n) is 12.9. The summed E-state index contributed by atoms with van der Waals surface area (Å²) in [6.07, 6.45) is 3.28. The van der Waals surface area contributed by atoms with Crippen LogP contribution in [-0.4, -0.2) is 25.7 Å². The fourth-order valence-corrected chi connectivity index (χ4v) is 4.07. The van der Waals surface area contributed by atoms with Gasteiger partial charge in [0.15, 0.2) is 0 Å². The molecule has 0 saturated heterocycles. The van der Waals surface area contributed by atoms with Crippen molar-refractivity contribution in [3.05, 3.63) is 32.1 Å². The maximum atomic E-state index is 12.5. The van der Waals surface area contributed by atoms with E-state index >= 15 is 0 Å². The second-order valence-electron chi connectivity index (χ2n) is 5.10. The minimum absolute atomic E-state index is 0.149. The summed E-state index contributed by atoms with van der Waals surface area (Å²) in [4.78, 5) is 29.9. The fourth-order valence-electron chi connectivity index (χ4n) is 2.20. The number of thiophene rings is 1. The van der Waals surface area contributed by atoms with E-state index in [1.54, 1.807) is 14.0 Å². The van der Waals surface area contributed by atoms with Crippen LogP contribution in [0.4, 0.5) is 5.13 Å². The molecule has 0 radical (unpaired) electrons. The lowest BCUT2D eigenvalue weighted by molar-refractivity contribution is 0.103. The zero-order chi connectivity index (χ0) is 16.6. The molecule has 0 aliphatic heterocycles. The number of nitrogens with one attached hydrogen (secondary N) is 1. The summed E-state index contributed by atoms with van der Waals surface area (Å²) in [5, 5.41) is 12.6. The maximum absolute atomic E-state index is 12.5. The normalized spacial score (nSPS) is 11.1. The predicted octanol–water partition coefficient (Wildman–Crippen LogP) is 2.36. The van der Waals surface area contributed by atoms with Crippen LogP contribution < -0.4 is 10.9 Å². The van der Waals surface area contributed by atoms with E-state index in [-0.39, 0.29) is 11.5 Å². The van der Waals surface area contributed by atoms with Gasteiger partial charge in [0.1, 0.15) is 9.84 Å². The van der Waals surface area contributed by atoms with Crippen LogP contribution >= 0.6 is 22.7 Å². The van der Waals surface area contributed by atoms with Crippen LogP contribution in [0.5, 0.6) is 0 Å². The van der Waals surface area contributed by atoms with E-state index in [2.05, 4.69) is 27.4 Å². The van der Waals surface area contributed by atoms with Crippen LogP contribution in [0.1, 0.15) is 33.6 Å². The number of aromatic nitrogens is 4. The Hall–Kier alpha value is -2.13. The van der Waals surface area contributed by atoms with Crippen LogP contribution in [0.2, 0.25) is 0 Å². The highest BCUT2D eigenvalue weighted by Crippen LogP contribution is 2.28. The topological polar surface area (TPSA) is 89.8 Å². The van der Waals surface area contributed by atoms with Crippen molar-refractivity contribution in [1.82, 2.24) is 19.7 Å². The molecule has 0 unspecified atom stereocenters. The quantitative estimate of drug-likeness (QED) is 0.781. The molecule has 0 saturated carbocycles. The first-order chi connectivity index (χ1) is 11.0. The highest BCUT2D eigenvalue weighted by atomic mass is 32.1. The second kappa shape index (κ2) is 6.17. The predicted molar refractivity (Wildman–Crippen MR) is 91.5 cm³/mol. The molecular weight excluding hydrogens is 334 g/mol. The van der Waals surface area contributed by atoms with Gasteiger partial charge in [0.25, 0.3) is 11.5 Å². The van der Waals surface area contributed by atoms with Gasteiger partial charge in [0.05, 0.1) is 16.6 Å². The molecular formula is C14H15N5O2S2. The van der Waals surface area contributed by atoms with E-state index in [9.17, 15) is 9.59 Å². The van der Waals surface area contributed by atoms with Crippen molar-refractivity contribution in [1.29, 1.82) is 0 Å². The molecule has 120 valence electrons. The van der Waals surface area contributed by atoms with Gasteiger partial charge in [-0.15, -0.1) is 21.5 Å². The molecule has 3 aromatic rings. The number of carbonyl (C=O) groups is 1. The minimum atomic E-state index is -0.285. The van der Waals surface area contributed by atoms with Crippen molar-refractivity contribution in [2.75, 3.05) is 5.32 Å². The van der Waals surface area contributed by atoms with Crippen LogP contribution in [0.15, 0.2) is 11.1 Å². The third kappa shape index (κ3) is 2.89. The fraction of sp³-hybridized carbons (Fsp3) is 0.357. The highest BCUT2D eigenvalue weighted by Gasteiger charge is 2.20. The van der Waals surface area contributed by atoms with Gasteiger partial charge in [-0.1, -0.05) is 18.3 Å². The molecule has 0 aliphatic carbocycles. The summed E-state index contributed by atoms with van der Waals surface area (Å²) >= 11 is 2.58. The largest absolute Gasteiger partial charge is 0.302 e. The number of carbonyl (C=O) groups excluding carboxylic acids is 1. The average molecular weight is 349 g/mol. The Bertz CT molecular complexity index is 940. The smallest absolute Gasteiger partial charge is 0.267 e. The lowest BCUT2D eigenvalue weighted by Crippen LogP contribution is -2.17. The van der Waals surface area contributed by atoms with Crippen LogP contribution in [0.25, 0.3) is 10.2 Å². The molecule has 0 atom stereocenters. The Morgan fingerprint density at radius 1 is 1.35 bits per heavy atom. The number of nitrogens with zero attached hydrogens (tertiary/aromatic N) is 4. The summed E-state index contributed by atoms with van der Waals surface area (Å²) < 4.78 is 1.41. The van der Waals surface area contributed by atoms with Gasteiger partial charge in [0.2, 0.25) is 5.13 Å². The van der Waals surface area contributed by atoms with Crippen molar-refractivity contribution < 1.29 is 4.79 Å². The summed E-state index contributed by atoms with van der Waals surface area (Å²) in [5.41, 5.74) is 0.499. The van der Waals surface area contributed by atoms with Crippen LogP contribution in [-0.2, 0) is 13.5 Å². The van der Waals surface area contributed by atoms with Crippen LogP contribution in [0.3, 0.4) is 0 Å². The SMILES string of the molecule is CCCc1nnc(NC(=O)c2sc3ncn(C)c(=O)c3c2C)s1. The minimum Gasteiger partial charge on any atom is -0.302 e. The van der Waals surface area contributed by atoms with Gasteiger partial charge in [-0.2, -0.15) is 0 Å².